The molecule has 128 valence electrons. The SMILES string of the molecule is Cc1sc2ncc(C(=O)N3CC(C(=O)O)O[C@H](C)C3)c(=O)n2c1C. The summed E-state index contributed by atoms with van der Waals surface area (Å²) in [5.74, 6) is -1.65. The Labute approximate surface area is 141 Å². The lowest BCUT2D eigenvalue weighted by Gasteiger charge is -2.34. The molecular formula is C15H17N3O5S. The van der Waals surface area contributed by atoms with Crippen molar-refractivity contribution in [2.24, 2.45) is 0 Å². The van der Waals surface area contributed by atoms with E-state index in [4.69, 9.17) is 9.84 Å². The van der Waals surface area contributed by atoms with Crippen molar-refractivity contribution in [3.63, 3.8) is 0 Å². The van der Waals surface area contributed by atoms with Crippen molar-refractivity contribution in [1.82, 2.24) is 14.3 Å². The zero-order valence-electron chi connectivity index (χ0n) is 13.5. The first-order chi connectivity index (χ1) is 11.3. The third kappa shape index (κ3) is 2.69. The standard InChI is InChI=1S/C15H17N3O5S/c1-7-5-17(6-11(23-7)14(21)22)12(19)10-4-16-15-18(13(10)20)8(2)9(3)24-15/h4,7,11H,5-6H2,1-3H3,(H,21,22)/t7-,11?/m1/s1. The van der Waals surface area contributed by atoms with Gasteiger partial charge in [0.15, 0.2) is 11.1 Å². The molecule has 0 saturated carbocycles. The molecule has 1 saturated heterocycles. The highest BCUT2D eigenvalue weighted by Gasteiger charge is 2.34. The number of fused-ring (bicyclic) bond motifs is 1. The molecule has 0 bridgehead atoms. The molecule has 8 nitrogen and oxygen atoms in total. The van der Waals surface area contributed by atoms with Gasteiger partial charge in [-0.05, 0) is 20.8 Å². The summed E-state index contributed by atoms with van der Waals surface area (Å²) < 4.78 is 6.72. The summed E-state index contributed by atoms with van der Waals surface area (Å²) in [4.78, 5) is 43.6. The van der Waals surface area contributed by atoms with Crippen LogP contribution >= 0.6 is 11.3 Å². The van der Waals surface area contributed by atoms with Gasteiger partial charge in [0.25, 0.3) is 11.5 Å². The third-order valence-corrected chi connectivity index (χ3v) is 5.14. The van der Waals surface area contributed by atoms with Crippen LogP contribution in [0, 0.1) is 13.8 Å². The van der Waals surface area contributed by atoms with Crippen molar-refractivity contribution in [2.45, 2.75) is 33.0 Å². The number of carbonyl (C=O) groups excluding carboxylic acids is 1. The molecule has 3 rings (SSSR count). The van der Waals surface area contributed by atoms with E-state index in [0.29, 0.717) is 4.96 Å². The molecule has 1 unspecified atom stereocenters. The predicted octanol–water partition coefficient (Wildman–Crippen LogP) is 0.687. The van der Waals surface area contributed by atoms with Gasteiger partial charge in [-0.3, -0.25) is 14.0 Å². The van der Waals surface area contributed by atoms with Crippen molar-refractivity contribution in [3.8, 4) is 0 Å². The van der Waals surface area contributed by atoms with Crippen molar-refractivity contribution in [1.29, 1.82) is 0 Å². The summed E-state index contributed by atoms with van der Waals surface area (Å²) in [6, 6.07) is 0. The Bertz CT molecular complexity index is 887. The van der Waals surface area contributed by atoms with E-state index in [2.05, 4.69) is 4.98 Å². The number of carboxylic acids is 1. The molecule has 9 heteroatoms. The molecule has 2 aromatic heterocycles. The van der Waals surface area contributed by atoms with Gasteiger partial charge in [0.1, 0.15) is 5.56 Å². The van der Waals surface area contributed by atoms with Crippen LogP contribution in [0.3, 0.4) is 0 Å². The summed E-state index contributed by atoms with van der Waals surface area (Å²) in [5, 5.41) is 9.12. The van der Waals surface area contributed by atoms with Crippen LogP contribution in [0.25, 0.3) is 4.96 Å². The van der Waals surface area contributed by atoms with Gasteiger partial charge < -0.3 is 14.7 Å². The van der Waals surface area contributed by atoms with Crippen LogP contribution in [0.4, 0.5) is 0 Å². The molecule has 24 heavy (non-hydrogen) atoms. The second-order valence-corrected chi connectivity index (χ2v) is 7.00. The number of hydrogen-bond donors (Lipinski definition) is 1. The zero-order valence-corrected chi connectivity index (χ0v) is 14.3. The second-order valence-electron chi connectivity index (χ2n) is 5.82. The van der Waals surface area contributed by atoms with E-state index >= 15 is 0 Å². The summed E-state index contributed by atoms with van der Waals surface area (Å²) in [6.45, 7) is 5.51. The Morgan fingerprint density at radius 3 is 2.75 bits per heavy atom. The number of aryl methyl sites for hydroxylation is 2. The first-order valence-electron chi connectivity index (χ1n) is 7.45. The highest BCUT2D eigenvalue weighted by atomic mass is 32.1. The van der Waals surface area contributed by atoms with Gasteiger partial charge in [0, 0.05) is 23.3 Å². The van der Waals surface area contributed by atoms with E-state index in [1.54, 1.807) is 13.8 Å². The number of carbonyl (C=O) groups is 2. The Balaban J connectivity index is 1.99. The number of hydrogen-bond acceptors (Lipinski definition) is 6. The van der Waals surface area contributed by atoms with Gasteiger partial charge in [0.05, 0.1) is 12.6 Å². The van der Waals surface area contributed by atoms with Gasteiger partial charge >= 0.3 is 5.97 Å². The van der Waals surface area contributed by atoms with E-state index in [1.165, 1.54) is 26.8 Å². The maximum absolute atomic E-state index is 12.7. The van der Waals surface area contributed by atoms with Gasteiger partial charge in [-0.2, -0.15) is 0 Å². The van der Waals surface area contributed by atoms with Gasteiger partial charge in [-0.15, -0.1) is 11.3 Å². The predicted molar refractivity (Wildman–Crippen MR) is 86.7 cm³/mol. The lowest BCUT2D eigenvalue weighted by molar-refractivity contribution is -0.160. The van der Waals surface area contributed by atoms with Crippen molar-refractivity contribution in [2.75, 3.05) is 13.1 Å². The third-order valence-electron chi connectivity index (χ3n) is 4.07. The van der Waals surface area contributed by atoms with E-state index in [1.807, 2.05) is 6.92 Å². The van der Waals surface area contributed by atoms with Gasteiger partial charge in [-0.1, -0.05) is 0 Å². The molecule has 1 N–H and O–H groups in total. The number of morpholine rings is 1. The average molecular weight is 351 g/mol. The highest BCUT2D eigenvalue weighted by molar-refractivity contribution is 7.17. The van der Waals surface area contributed by atoms with Crippen LogP contribution in [-0.2, 0) is 9.53 Å². The minimum absolute atomic E-state index is 0.0633. The second kappa shape index (κ2) is 5.99. The number of nitrogens with zero attached hydrogens (tertiary/aromatic N) is 3. The number of carboxylic acid groups (broad SMARTS) is 1. The highest BCUT2D eigenvalue weighted by Crippen LogP contribution is 2.19. The lowest BCUT2D eigenvalue weighted by atomic mass is 10.2. The van der Waals surface area contributed by atoms with Crippen LogP contribution in [0.1, 0.15) is 27.9 Å². The van der Waals surface area contributed by atoms with Crippen LogP contribution in [0.15, 0.2) is 11.0 Å². The number of aliphatic carboxylic acids is 1. The molecule has 2 aromatic rings. The lowest BCUT2D eigenvalue weighted by Crippen LogP contribution is -2.52. The largest absolute Gasteiger partial charge is 0.479 e. The molecule has 3 heterocycles. The molecule has 1 amide bonds. The minimum atomic E-state index is -1.13. The fourth-order valence-electron chi connectivity index (χ4n) is 2.75. The molecular weight excluding hydrogens is 334 g/mol. The Hall–Kier alpha value is -2.26. The molecule has 0 aromatic carbocycles. The first-order valence-corrected chi connectivity index (χ1v) is 8.26. The van der Waals surface area contributed by atoms with Gasteiger partial charge in [0.2, 0.25) is 0 Å². The minimum Gasteiger partial charge on any atom is -0.479 e. The molecule has 0 radical (unpaired) electrons. The van der Waals surface area contributed by atoms with Crippen molar-refractivity contribution < 1.29 is 19.4 Å². The zero-order chi connectivity index (χ0) is 17.6. The number of ether oxygens (including phenoxy) is 1. The number of rotatable bonds is 2. The molecule has 1 fully saturated rings. The summed E-state index contributed by atoms with van der Waals surface area (Å²) in [7, 11) is 0. The van der Waals surface area contributed by atoms with E-state index in [9.17, 15) is 14.4 Å². The van der Waals surface area contributed by atoms with Crippen LogP contribution in [0.5, 0.6) is 0 Å². The maximum atomic E-state index is 12.7. The topological polar surface area (TPSA) is 101 Å². The Morgan fingerprint density at radius 2 is 2.08 bits per heavy atom. The van der Waals surface area contributed by atoms with Crippen LogP contribution < -0.4 is 5.56 Å². The van der Waals surface area contributed by atoms with E-state index in [-0.39, 0.29) is 18.7 Å². The monoisotopic (exact) mass is 351 g/mol. The Kier molecular flexibility index (Phi) is 4.14. The summed E-state index contributed by atoms with van der Waals surface area (Å²) in [5.41, 5.74) is 0.255. The fourth-order valence-corrected chi connectivity index (χ4v) is 3.68. The average Bonchev–Trinajstić information content (AvgIpc) is 2.82. The number of amides is 1. The normalized spacial score (nSPS) is 21.2. The number of thiazole rings is 1. The van der Waals surface area contributed by atoms with Crippen LogP contribution in [-0.4, -0.2) is 56.6 Å². The molecule has 0 spiro atoms. The molecule has 0 aliphatic carbocycles. The summed E-state index contributed by atoms with van der Waals surface area (Å²) >= 11 is 1.38. The smallest absolute Gasteiger partial charge is 0.334 e. The maximum Gasteiger partial charge on any atom is 0.334 e. The first kappa shape index (κ1) is 16.6. The van der Waals surface area contributed by atoms with Crippen molar-refractivity contribution >= 4 is 28.2 Å². The molecule has 2 atom stereocenters. The van der Waals surface area contributed by atoms with E-state index in [0.717, 1.165) is 10.6 Å². The number of aromatic nitrogens is 2. The fraction of sp³-hybridized carbons (Fsp3) is 0.467. The molecule has 1 aliphatic rings. The quantitative estimate of drug-likeness (QED) is 0.854. The Morgan fingerprint density at radius 1 is 1.38 bits per heavy atom. The summed E-state index contributed by atoms with van der Waals surface area (Å²) in [6.07, 6.45) is -0.249. The van der Waals surface area contributed by atoms with E-state index < -0.39 is 29.6 Å². The van der Waals surface area contributed by atoms with Crippen molar-refractivity contribution in [3.05, 3.63) is 32.7 Å². The molecule has 1 aliphatic heterocycles. The van der Waals surface area contributed by atoms with Gasteiger partial charge in [-0.25, -0.2) is 9.78 Å². The van der Waals surface area contributed by atoms with Crippen LogP contribution in [0.2, 0.25) is 0 Å².